The number of nitrogens with zero attached hydrogens (tertiary/aromatic N) is 1. The number of aryl methyl sites for hydroxylation is 1. The molecule has 2 N–H and O–H groups in total. The van der Waals surface area contributed by atoms with E-state index in [2.05, 4.69) is 48.3 Å². The number of benzene rings is 1. The fourth-order valence-corrected chi connectivity index (χ4v) is 2.35. The van der Waals surface area contributed by atoms with Gasteiger partial charge in [0.2, 0.25) is 0 Å². The monoisotopic (exact) mass is 262 g/mol. The zero-order valence-electron chi connectivity index (χ0n) is 12.1. The van der Waals surface area contributed by atoms with E-state index in [1.165, 1.54) is 24.1 Å². The third kappa shape index (κ3) is 4.51. The molecule has 1 atom stereocenters. The predicted molar refractivity (Wildman–Crippen MR) is 80.7 cm³/mol. The summed E-state index contributed by atoms with van der Waals surface area (Å²) >= 11 is 0. The van der Waals surface area contributed by atoms with Crippen molar-refractivity contribution in [3.8, 4) is 0 Å². The Kier molecular flexibility index (Phi) is 5.23. The van der Waals surface area contributed by atoms with Crippen molar-refractivity contribution in [2.75, 3.05) is 24.6 Å². The number of hydrogen-bond donors (Lipinski definition) is 2. The summed E-state index contributed by atoms with van der Waals surface area (Å²) in [5.74, 6) is 0. The molecule has 0 radical (unpaired) electrons. The highest BCUT2D eigenvalue weighted by atomic mass is 16.3. The molecule has 1 aliphatic rings. The Labute approximate surface area is 116 Å². The van der Waals surface area contributed by atoms with Gasteiger partial charge in [0.25, 0.3) is 0 Å². The van der Waals surface area contributed by atoms with E-state index in [1.807, 2.05) is 0 Å². The first kappa shape index (κ1) is 14.4. The lowest BCUT2D eigenvalue weighted by atomic mass is 10.1. The quantitative estimate of drug-likeness (QED) is 0.755. The molecule has 0 saturated heterocycles. The van der Waals surface area contributed by atoms with Crippen molar-refractivity contribution in [3.05, 3.63) is 29.8 Å². The molecule has 1 unspecified atom stereocenters. The van der Waals surface area contributed by atoms with Crippen LogP contribution in [0.15, 0.2) is 24.3 Å². The van der Waals surface area contributed by atoms with Crippen LogP contribution < -0.4 is 10.2 Å². The van der Waals surface area contributed by atoms with Crippen LogP contribution in [0.2, 0.25) is 0 Å². The Balaban J connectivity index is 1.85. The molecule has 0 heterocycles. The average molecular weight is 262 g/mol. The summed E-state index contributed by atoms with van der Waals surface area (Å²) in [6.45, 7) is 6.53. The van der Waals surface area contributed by atoms with Gasteiger partial charge in [0.05, 0.1) is 6.61 Å². The lowest BCUT2D eigenvalue weighted by molar-refractivity contribution is 0.235. The van der Waals surface area contributed by atoms with Crippen molar-refractivity contribution >= 4 is 5.69 Å². The molecule has 0 amide bonds. The fourth-order valence-electron chi connectivity index (χ4n) is 2.35. The van der Waals surface area contributed by atoms with Gasteiger partial charge in [0, 0.05) is 30.9 Å². The Morgan fingerprint density at radius 2 is 2.00 bits per heavy atom. The van der Waals surface area contributed by atoms with E-state index in [9.17, 15) is 5.11 Å². The summed E-state index contributed by atoms with van der Waals surface area (Å²) in [7, 11) is 0. The average Bonchev–Trinajstić information content (AvgIpc) is 3.24. The maximum Gasteiger partial charge on any atom is 0.0585 e. The molecule has 2 rings (SSSR count). The minimum absolute atomic E-state index is 0.238. The second kappa shape index (κ2) is 6.92. The first-order chi connectivity index (χ1) is 9.22. The van der Waals surface area contributed by atoms with Crippen LogP contribution >= 0.6 is 0 Å². The highest BCUT2D eigenvalue weighted by molar-refractivity contribution is 5.47. The lowest BCUT2D eigenvalue weighted by Crippen LogP contribution is -2.38. The van der Waals surface area contributed by atoms with Crippen LogP contribution in [0.5, 0.6) is 0 Å². The van der Waals surface area contributed by atoms with Crippen LogP contribution in [0, 0.1) is 6.92 Å². The number of anilines is 1. The van der Waals surface area contributed by atoms with Gasteiger partial charge in [0.1, 0.15) is 0 Å². The molecule has 0 aromatic heterocycles. The van der Waals surface area contributed by atoms with Crippen molar-refractivity contribution in [1.29, 1.82) is 0 Å². The van der Waals surface area contributed by atoms with Crippen molar-refractivity contribution in [3.63, 3.8) is 0 Å². The van der Waals surface area contributed by atoms with Gasteiger partial charge < -0.3 is 15.3 Å². The zero-order valence-corrected chi connectivity index (χ0v) is 12.1. The van der Waals surface area contributed by atoms with Gasteiger partial charge in [-0.3, -0.25) is 0 Å². The third-order valence-corrected chi connectivity index (χ3v) is 3.80. The molecule has 19 heavy (non-hydrogen) atoms. The van der Waals surface area contributed by atoms with Crippen molar-refractivity contribution in [2.45, 2.75) is 45.2 Å². The maximum atomic E-state index is 9.41. The molecule has 1 aromatic rings. The molecule has 1 aliphatic carbocycles. The van der Waals surface area contributed by atoms with Crippen LogP contribution in [-0.2, 0) is 0 Å². The van der Waals surface area contributed by atoms with Crippen LogP contribution in [-0.4, -0.2) is 36.9 Å². The van der Waals surface area contributed by atoms with E-state index in [0.29, 0.717) is 6.04 Å². The Hall–Kier alpha value is -1.06. The van der Waals surface area contributed by atoms with Crippen LogP contribution in [0.25, 0.3) is 0 Å². The van der Waals surface area contributed by atoms with Gasteiger partial charge in [-0.15, -0.1) is 0 Å². The Morgan fingerprint density at radius 1 is 1.32 bits per heavy atom. The first-order valence-electron chi connectivity index (χ1n) is 7.41. The summed E-state index contributed by atoms with van der Waals surface area (Å²) in [6, 6.07) is 9.58. The standard InChI is InChI=1S/C16H26N2O/c1-3-18(16-8-4-13(2)5-9-16)11-10-15(12-19)17-14-6-7-14/h4-5,8-9,14-15,17,19H,3,6-7,10-12H2,1-2H3. The summed E-state index contributed by atoms with van der Waals surface area (Å²) in [6.07, 6.45) is 3.53. The highest BCUT2D eigenvalue weighted by Gasteiger charge is 2.24. The topological polar surface area (TPSA) is 35.5 Å². The summed E-state index contributed by atoms with van der Waals surface area (Å²) in [5.41, 5.74) is 2.57. The van der Waals surface area contributed by atoms with Gasteiger partial charge in [-0.1, -0.05) is 17.7 Å². The Morgan fingerprint density at radius 3 is 2.53 bits per heavy atom. The number of rotatable bonds is 8. The van der Waals surface area contributed by atoms with Crippen molar-refractivity contribution in [2.24, 2.45) is 0 Å². The van der Waals surface area contributed by atoms with Crippen molar-refractivity contribution < 1.29 is 5.11 Å². The largest absolute Gasteiger partial charge is 0.395 e. The smallest absolute Gasteiger partial charge is 0.0585 e. The van der Waals surface area contributed by atoms with E-state index in [0.717, 1.165) is 19.5 Å². The Bertz CT molecular complexity index is 373. The fraction of sp³-hybridized carbons (Fsp3) is 0.625. The predicted octanol–water partition coefficient (Wildman–Crippen LogP) is 2.32. The molecule has 0 spiro atoms. The number of nitrogens with one attached hydrogen (secondary N) is 1. The molecule has 1 aromatic carbocycles. The van der Waals surface area contributed by atoms with Gasteiger partial charge in [-0.05, 0) is 45.2 Å². The zero-order chi connectivity index (χ0) is 13.7. The second-order valence-corrected chi connectivity index (χ2v) is 5.52. The van der Waals surface area contributed by atoms with E-state index in [-0.39, 0.29) is 12.6 Å². The lowest BCUT2D eigenvalue weighted by Gasteiger charge is -2.26. The van der Waals surface area contributed by atoms with Crippen LogP contribution in [0.1, 0.15) is 31.7 Å². The maximum absolute atomic E-state index is 9.41. The molecule has 0 bridgehead atoms. The molecular formula is C16H26N2O. The number of hydrogen-bond acceptors (Lipinski definition) is 3. The molecule has 3 heteroatoms. The number of aliphatic hydroxyl groups excluding tert-OH is 1. The van der Waals surface area contributed by atoms with Gasteiger partial charge in [0.15, 0.2) is 0 Å². The molecule has 0 aliphatic heterocycles. The minimum Gasteiger partial charge on any atom is -0.395 e. The first-order valence-corrected chi connectivity index (χ1v) is 7.41. The molecule has 3 nitrogen and oxygen atoms in total. The van der Waals surface area contributed by atoms with E-state index in [1.54, 1.807) is 0 Å². The van der Waals surface area contributed by atoms with E-state index in [4.69, 9.17) is 0 Å². The van der Waals surface area contributed by atoms with Gasteiger partial charge in [-0.25, -0.2) is 0 Å². The summed E-state index contributed by atoms with van der Waals surface area (Å²) in [5, 5.41) is 12.9. The van der Waals surface area contributed by atoms with E-state index < -0.39 is 0 Å². The SMILES string of the molecule is CCN(CCC(CO)NC1CC1)c1ccc(C)cc1. The molecule has 106 valence electrons. The normalized spacial score (nSPS) is 16.4. The van der Waals surface area contributed by atoms with Crippen LogP contribution in [0.4, 0.5) is 5.69 Å². The third-order valence-electron chi connectivity index (χ3n) is 3.80. The van der Waals surface area contributed by atoms with Crippen molar-refractivity contribution in [1.82, 2.24) is 5.32 Å². The summed E-state index contributed by atoms with van der Waals surface area (Å²) in [4.78, 5) is 2.37. The second-order valence-electron chi connectivity index (χ2n) is 5.52. The highest BCUT2D eigenvalue weighted by Crippen LogP contribution is 2.20. The molecule has 1 fully saturated rings. The van der Waals surface area contributed by atoms with Gasteiger partial charge >= 0.3 is 0 Å². The van der Waals surface area contributed by atoms with Crippen LogP contribution in [0.3, 0.4) is 0 Å². The minimum atomic E-state index is 0.238. The van der Waals surface area contributed by atoms with Gasteiger partial charge in [-0.2, -0.15) is 0 Å². The number of aliphatic hydroxyl groups is 1. The molecule has 1 saturated carbocycles. The summed E-state index contributed by atoms with van der Waals surface area (Å²) < 4.78 is 0. The molecular weight excluding hydrogens is 236 g/mol. The van der Waals surface area contributed by atoms with E-state index >= 15 is 0 Å².